The van der Waals surface area contributed by atoms with E-state index >= 15 is 0 Å². The standard InChI is InChI=1S/C19H23ClN2O3S/c1-12-7-6-8-16(13(12)2)21-18(23)14-9-10-15(20)17(11-14)26(24,25)22-19(3,4)5/h6-11,22H,1-5H3,(H,21,23). The van der Waals surface area contributed by atoms with Gasteiger partial charge in [-0.2, -0.15) is 0 Å². The highest BCUT2D eigenvalue weighted by atomic mass is 35.5. The quantitative estimate of drug-likeness (QED) is 0.812. The average Bonchev–Trinajstić information content (AvgIpc) is 2.49. The molecule has 0 bridgehead atoms. The molecule has 0 aliphatic carbocycles. The van der Waals surface area contributed by atoms with Crippen molar-refractivity contribution in [2.45, 2.75) is 45.1 Å². The molecule has 0 atom stereocenters. The number of carbonyl (C=O) groups is 1. The SMILES string of the molecule is Cc1cccc(NC(=O)c2ccc(Cl)c(S(=O)(=O)NC(C)(C)C)c2)c1C. The number of benzene rings is 2. The van der Waals surface area contributed by atoms with Crippen LogP contribution in [0.3, 0.4) is 0 Å². The number of aryl methyl sites for hydroxylation is 1. The van der Waals surface area contributed by atoms with Crippen LogP contribution < -0.4 is 10.0 Å². The zero-order valence-corrected chi connectivity index (χ0v) is 17.0. The molecule has 2 aromatic rings. The van der Waals surface area contributed by atoms with Crippen LogP contribution in [0.4, 0.5) is 5.69 Å². The number of hydrogen-bond acceptors (Lipinski definition) is 3. The highest BCUT2D eigenvalue weighted by Gasteiger charge is 2.25. The summed E-state index contributed by atoms with van der Waals surface area (Å²) >= 11 is 6.07. The first-order valence-corrected chi connectivity index (χ1v) is 9.98. The van der Waals surface area contributed by atoms with Crippen molar-refractivity contribution >= 4 is 33.2 Å². The maximum absolute atomic E-state index is 12.6. The molecule has 0 aliphatic rings. The summed E-state index contributed by atoms with van der Waals surface area (Å²) in [6, 6.07) is 9.81. The number of sulfonamides is 1. The molecule has 140 valence electrons. The van der Waals surface area contributed by atoms with Gasteiger partial charge in [0.1, 0.15) is 4.90 Å². The van der Waals surface area contributed by atoms with Gasteiger partial charge in [-0.1, -0.05) is 23.7 Å². The van der Waals surface area contributed by atoms with Gasteiger partial charge in [-0.15, -0.1) is 0 Å². The number of hydrogen-bond donors (Lipinski definition) is 2. The minimum atomic E-state index is -3.85. The molecule has 0 spiro atoms. The zero-order chi connectivity index (χ0) is 19.7. The van der Waals surface area contributed by atoms with Crippen LogP contribution in [-0.4, -0.2) is 19.9 Å². The van der Waals surface area contributed by atoms with Gasteiger partial charge in [-0.3, -0.25) is 4.79 Å². The summed E-state index contributed by atoms with van der Waals surface area (Å²) in [6.07, 6.45) is 0. The molecule has 0 radical (unpaired) electrons. The Bertz CT molecular complexity index is 948. The third kappa shape index (κ3) is 4.84. The molecule has 1 amide bonds. The van der Waals surface area contributed by atoms with E-state index in [-0.39, 0.29) is 15.5 Å². The Morgan fingerprint density at radius 3 is 2.35 bits per heavy atom. The van der Waals surface area contributed by atoms with Gasteiger partial charge >= 0.3 is 0 Å². The summed E-state index contributed by atoms with van der Waals surface area (Å²) < 4.78 is 27.7. The molecular formula is C19H23ClN2O3S. The van der Waals surface area contributed by atoms with Crippen molar-refractivity contribution in [3.63, 3.8) is 0 Å². The van der Waals surface area contributed by atoms with E-state index < -0.39 is 21.5 Å². The summed E-state index contributed by atoms with van der Waals surface area (Å²) in [7, 11) is -3.85. The Morgan fingerprint density at radius 1 is 1.08 bits per heavy atom. The highest BCUT2D eigenvalue weighted by Crippen LogP contribution is 2.25. The van der Waals surface area contributed by atoms with Crippen LogP contribution in [0.25, 0.3) is 0 Å². The molecule has 0 aromatic heterocycles. The lowest BCUT2D eigenvalue weighted by molar-refractivity contribution is 0.102. The monoisotopic (exact) mass is 394 g/mol. The lowest BCUT2D eigenvalue weighted by Gasteiger charge is -2.21. The summed E-state index contributed by atoms with van der Waals surface area (Å²) in [5.41, 5.74) is 2.24. The predicted octanol–water partition coefficient (Wildman–Crippen LogP) is 4.29. The Labute approximate surface area is 159 Å². The molecule has 5 nitrogen and oxygen atoms in total. The third-order valence-electron chi connectivity index (χ3n) is 3.78. The van der Waals surface area contributed by atoms with Gasteiger partial charge in [0.25, 0.3) is 5.91 Å². The lowest BCUT2D eigenvalue weighted by Crippen LogP contribution is -2.40. The fourth-order valence-electron chi connectivity index (χ4n) is 2.39. The van der Waals surface area contributed by atoms with Crippen molar-refractivity contribution in [1.29, 1.82) is 0 Å². The van der Waals surface area contributed by atoms with Crippen LogP contribution >= 0.6 is 11.6 Å². The third-order valence-corrected chi connectivity index (χ3v) is 6.02. The molecule has 0 aliphatic heterocycles. The van der Waals surface area contributed by atoms with Gasteiger partial charge in [0.15, 0.2) is 0 Å². The smallest absolute Gasteiger partial charge is 0.255 e. The van der Waals surface area contributed by atoms with Crippen LogP contribution in [0.15, 0.2) is 41.3 Å². The lowest BCUT2D eigenvalue weighted by atomic mass is 10.1. The molecule has 7 heteroatoms. The number of anilines is 1. The van der Waals surface area contributed by atoms with Crippen molar-refractivity contribution in [3.8, 4) is 0 Å². The van der Waals surface area contributed by atoms with Crippen LogP contribution in [-0.2, 0) is 10.0 Å². The molecule has 0 fully saturated rings. The van der Waals surface area contributed by atoms with Gasteiger partial charge in [0.2, 0.25) is 10.0 Å². The molecular weight excluding hydrogens is 372 g/mol. The van der Waals surface area contributed by atoms with Crippen LogP contribution in [0, 0.1) is 13.8 Å². The molecule has 2 N–H and O–H groups in total. The van der Waals surface area contributed by atoms with E-state index in [1.165, 1.54) is 18.2 Å². The molecule has 0 saturated heterocycles. The van der Waals surface area contributed by atoms with Crippen molar-refractivity contribution < 1.29 is 13.2 Å². The fraction of sp³-hybridized carbons (Fsp3) is 0.316. The number of carbonyl (C=O) groups excluding carboxylic acids is 1. The zero-order valence-electron chi connectivity index (χ0n) is 15.5. The van der Waals surface area contributed by atoms with Gasteiger partial charge in [0.05, 0.1) is 5.02 Å². The molecule has 2 rings (SSSR count). The first-order valence-electron chi connectivity index (χ1n) is 8.12. The van der Waals surface area contributed by atoms with Gasteiger partial charge in [-0.05, 0) is 70.0 Å². The highest BCUT2D eigenvalue weighted by molar-refractivity contribution is 7.89. The number of rotatable bonds is 4. The fourth-order valence-corrected chi connectivity index (χ4v) is 4.33. The summed E-state index contributed by atoms with van der Waals surface area (Å²) in [6.45, 7) is 9.06. The van der Waals surface area contributed by atoms with Gasteiger partial charge in [0, 0.05) is 16.8 Å². The Hall–Kier alpha value is -1.89. The van der Waals surface area contributed by atoms with Crippen LogP contribution in [0.2, 0.25) is 5.02 Å². The van der Waals surface area contributed by atoms with Gasteiger partial charge < -0.3 is 5.32 Å². The van der Waals surface area contributed by atoms with Crippen LogP contribution in [0.5, 0.6) is 0 Å². The second-order valence-corrected chi connectivity index (χ2v) is 9.26. The van der Waals surface area contributed by atoms with Crippen molar-refractivity contribution in [1.82, 2.24) is 4.72 Å². The summed E-state index contributed by atoms with van der Waals surface area (Å²) in [5, 5.41) is 2.88. The Kier molecular flexibility index (Phi) is 5.80. The minimum Gasteiger partial charge on any atom is -0.322 e. The average molecular weight is 395 g/mol. The number of halogens is 1. The maximum atomic E-state index is 12.6. The molecule has 0 heterocycles. The topological polar surface area (TPSA) is 75.3 Å². The molecule has 2 aromatic carbocycles. The van der Waals surface area contributed by atoms with E-state index in [9.17, 15) is 13.2 Å². The molecule has 0 unspecified atom stereocenters. The van der Waals surface area contributed by atoms with E-state index in [2.05, 4.69) is 10.0 Å². The number of nitrogens with one attached hydrogen (secondary N) is 2. The van der Waals surface area contributed by atoms with Crippen molar-refractivity contribution in [2.75, 3.05) is 5.32 Å². The van der Waals surface area contributed by atoms with Gasteiger partial charge in [-0.25, -0.2) is 13.1 Å². The van der Waals surface area contributed by atoms with Crippen LogP contribution in [0.1, 0.15) is 42.3 Å². The first-order chi connectivity index (χ1) is 11.9. The summed E-state index contributed by atoms with van der Waals surface area (Å²) in [4.78, 5) is 12.5. The van der Waals surface area contributed by atoms with E-state index in [4.69, 9.17) is 11.6 Å². The summed E-state index contributed by atoms with van der Waals surface area (Å²) in [5.74, 6) is -0.400. The number of amides is 1. The largest absolute Gasteiger partial charge is 0.322 e. The van der Waals surface area contributed by atoms with E-state index in [1.807, 2.05) is 26.0 Å². The second kappa shape index (κ2) is 7.39. The minimum absolute atomic E-state index is 0.0602. The normalized spacial score (nSPS) is 12.1. The van der Waals surface area contributed by atoms with Crippen molar-refractivity contribution in [3.05, 3.63) is 58.1 Å². The van der Waals surface area contributed by atoms with E-state index in [0.29, 0.717) is 5.69 Å². The Morgan fingerprint density at radius 2 is 1.73 bits per heavy atom. The molecule has 26 heavy (non-hydrogen) atoms. The van der Waals surface area contributed by atoms with E-state index in [1.54, 1.807) is 26.8 Å². The van der Waals surface area contributed by atoms with Crippen molar-refractivity contribution in [2.24, 2.45) is 0 Å². The maximum Gasteiger partial charge on any atom is 0.255 e. The predicted molar refractivity (Wildman–Crippen MR) is 105 cm³/mol. The van der Waals surface area contributed by atoms with E-state index in [0.717, 1.165) is 11.1 Å². The first kappa shape index (κ1) is 20.4. The second-order valence-electron chi connectivity index (χ2n) is 7.20. The Balaban J connectivity index is 2.37. The molecule has 0 saturated carbocycles.